The van der Waals surface area contributed by atoms with Crippen LogP contribution >= 0.6 is 7.81 Å². The van der Waals surface area contributed by atoms with Crippen molar-refractivity contribution in [1.29, 1.82) is 0 Å². The van der Waals surface area contributed by atoms with Gasteiger partial charge in [0, 0.05) is 65.4 Å². The number of hydrogen-bond acceptors (Lipinski definition) is 10. The summed E-state index contributed by atoms with van der Waals surface area (Å²) < 4.78 is 59.2. The zero-order valence-corrected chi connectivity index (χ0v) is 24.0. The molecule has 239 valence electrons. The third-order valence-corrected chi connectivity index (χ3v) is 5.22. The van der Waals surface area contributed by atoms with E-state index >= 15 is 0 Å². The van der Waals surface area contributed by atoms with E-state index in [0.29, 0.717) is 24.5 Å². The molecule has 0 bridgehead atoms. The zero-order chi connectivity index (χ0) is 29.2. The molecule has 2 aromatic rings. The van der Waals surface area contributed by atoms with E-state index in [0.717, 1.165) is 52.4 Å². The van der Waals surface area contributed by atoms with Crippen molar-refractivity contribution in [3.05, 3.63) is 59.2 Å². The van der Waals surface area contributed by atoms with Gasteiger partial charge in [-0.3, -0.25) is 19.8 Å². The van der Waals surface area contributed by atoms with Gasteiger partial charge < -0.3 is 35.9 Å². The van der Waals surface area contributed by atoms with E-state index in [1.54, 1.807) is 12.1 Å². The molecule has 0 saturated carbocycles. The monoisotopic (exact) mass is 777 g/mol. The molecule has 19 heteroatoms. The number of aromatic carboxylic acids is 2. The summed E-state index contributed by atoms with van der Waals surface area (Å²) in [7, 11) is -10.7. The van der Waals surface area contributed by atoms with Crippen molar-refractivity contribution in [2.24, 2.45) is 0 Å². The van der Waals surface area contributed by atoms with Crippen LogP contribution < -0.4 is 20.8 Å². The van der Waals surface area contributed by atoms with E-state index in [1.807, 2.05) is 12.1 Å². The van der Waals surface area contributed by atoms with Crippen LogP contribution in [0, 0.1) is 46.9 Å². The predicted molar refractivity (Wildman–Crippen MR) is 131 cm³/mol. The molecule has 41 heavy (non-hydrogen) atoms. The van der Waals surface area contributed by atoms with E-state index in [-0.39, 0.29) is 63.8 Å². The second kappa shape index (κ2) is 16.4. The predicted octanol–water partition coefficient (Wildman–Crippen LogP) is 0.258. The molecule has 3 rings (SSSR count). The van der Waals surface area contributed by atoms with Crippen molar-refractivity contribution in [2.75, 3.05) is 52.4 Å². The SMILES string of the molecule is F[P-](F)(F)(F)(F)F.O.O=C([O-])c1cccc(CN2CCNCCN(Cc3cccc(C(=O)[O-])n3)CCNCC2)n1.[Yb+3]. The number of halogens is 6. The maximum Gasteiger partial charge on any atom is 3.00 e. The molecule has 1 aliphatic rings. The second-order valence-corrected chi connectivity index (χ2v) is 10.5. The first-order valence-electron chi connectivity index (χ1n) is 11.7. The summed E-state index contributed by atoms with van der Waals surface area (Å²) in [5.41, 5.74) is 1.31. The standard InChI is InChI=1S/C22H30N6O4.F6P.H2O.Yb/c29-21(30)19-5-1-3-17(25-19)15-27-11-7-23-9-13-28(14-10-24-8-12-27)16-18-4-2-6-20(26-18)22(31)32;1-7(2,3,4,5)6;;/h1-6,23-24H,7-16H2,(H,29,30)(H,31,32);;1H2;/q;-1;;+3/p-2. The number of hydrogen-bond donors (Lipinski definition) is 2. The minimum atomic E-state index is -10.7. The number of aromatic nitrogens is 2. The number of carbonyl (C=O) groups is 2. The molecule has 1 radical (unpaired) electrons. The quantitative estimate of drug-likeness (QED) is 0.307. The Bertz CT molecular complexity index is 1040. The number of nitrogens with one attached hydrogen (secondary N) is 2. The molecule has 0 aromatic carbocycles. The number of carboxylic acid groups (broad SMARTS) is 2. The summed E-state index contributed by atoms with van der Waals surface area (Å²) in [5, 5.41) is 29.0. The van der Waals surface area contributed by atoms with E-state index < -0.39 is 19.7 Å². The Balaban J connectivity index is 0.00000158. The van der Waals surface area contributed by atoms with Gasteiger partial charge in [0.25, 0.3) is 0 Å². The van der Waals surface area contributed by atoms with Gasteiger partial charge >= 0.3 is 79.9 Å². The van der Waals surface area contributed by atoms with Crippen molar-refractivity contribution in [3.63, 3.8) is 0 Å². The fourth-order valence-electron chi connectivity index (χ4n) is 3.56. The normalized spacial score (nSPS) is 17.4. The van der Waals surface area contributed by atoms with Crippen molar-refractivity contribution in [2.45, 2.75) is 13.1 Å². The van der Waals surface area contributed by atoms with Crippen LogP contribution in [0.4, 0.5) is 25.2 Å². The number of rotatable bonds is 6. The van der Waals surface area contributed by atoms with Crippen molar-refractivity contribution in [1.82, 2.24) is 30.4 Å². The first-order valence-corrected chi connectivity index (χ1v) is 13.8. The maximum atomic E-state index is 11.0. The third-order valence-electron chi connectivity index (χ3n) is 5.22. The van der Waals surface area contributed by atoms with Gasteiger partial charge in [-0.2, -0.15) is 0 Å². The molecule has 0 aliphatic carbocycles. The summed E-state index contributed by atoms with van der Waals surface area (Å²) >= 11 is 0. The van der Waals surface area contributed by atoms with Crippen LogP contribution in [0.25, 0.3) is 0 Å². The molecule has 1 fully saturated rings. The van der Waals surface area contributed by atoms with Gasteiger partial charge in [-0.15, -0.1) is 0 Å². The molecule has 11 nitrogen and oxygen atoms in total. The topological polar surface area (TPSA) is 168 Å². The molecular weight excluding hydrogens is 746 g/mol. The molecule has 3 heterocycles. The Morgan fingerprint density at radius 3 is 1.27 bits per heavy atom. The average molecular weight is 777 g/mol. The minimum Gasteiger partial charge on any atom is -0.543 e. The van der Waals surface area contributed by atoms with E-state index in [2.05, 4.69) is 30.4 Å². The third kappa shape index (κ3) is 20.2. The van der Waals surface area contributed by atoms with Gasteiger partial charge in [0.2, 0.25) is 0 Å². The number of carboxylic acids is 2. The fraction of sp³-hybridized carbons (Fsp3) is 0.455. The minimum absolute atomic E-state index is 0. The van der Waals surface area contributed by atoms with E-state index in [1.165, 1.54) is 12.1 Å². The smallest absolute Gasteiger partial charge is 0.543 e. The molecule has 0 amide bonds. The summed E-state index contributed by atoms with van der Waals surface area (Å²) in [4.78, 5) is 34.9. The van der Waals surface area contributed by atoms with Crippen molar-refractivity contribution < 1.29 is 97.4 Å². The molecular formula is C22H30F6N6O5PYb. The first kappa shape index (κ1) is 39.6. The largest absolute Gasteiger partial charge is 3.00 e. The van der Waals surface area contributed by atoms with Crippen LogP contribution in [0.3, 0.4) is 0 Å². The van der Waals surface area contributed by atoms with Crippen LogP contribution in [0.1, 0.15) is 32.4 Å². The van der Waals surface area contributed by atoms with Gasteiger partial charge in [0.1, 0.15) is 0 Å². The van der Waals surface area contributed by atoms with Gasteiger partial charge in [-0.1, -0.05) is 12.1 Å². The number of carbonyl (C=O) groups excluding carboxylic acids is 2. The zero-order valence-electron chi connectivity index (χ0n) is 21.4. The molecule has 0 unspecified atom stereocenters. The molecule has 0 atom stereocenters. The average Bonchev–Trinajstić information content (AvgIpc) is 2.80. The van der Waals surface area contributed by atoms with Crippen LogP contribution in [0.2, 0.25) is 0 Å². The molecule has 1 saturated heterocycles. The van der Waals surface area contributed by atoms with Gasteiger partial charge in [-0.05, 0) is 24.3 Å². The molecule has 4 N–H and O–H groups in total. The van der Waals surface area contributed by atoms with Crippen molar-refractivity contribution in [3.8, 4) is 0 Å². The Morgan fingerprint density at radius 1 is 0.707 bits per heavy atom. The van der Waals surface area contributed by atoms with Crippen LogP contribution in [-0.2, 0) is 13.1 Å². The van der Waals surface area contributed by atoms with Crippen molar-refractivity contribution >= 4 is 19.7 Å². The molecule has 2 aromatic heterocycles. The van der Waals surface area contributed by atoms with Gasteiger partial charge in [0.05, 0.1) is 34.7 Å². The summed E-state index contributed by atoms with van der Waals surface area (Å²) in [6.07, 6.45) is 0. The Morgan fingerprint density at radius 2 is 1.00 bits per heavy atom. The first-order chi connectivity index (χ1) is 18.0. The summed E-state index contributed by atoms with van der Waals surface area (Å²) in [6, 6.07) is 9.90. The Hall–Kier alpha value is -1.43. The van der Waals surface area contributed by atoms with Gasteiger partial charge in [-0.25, -0.2) is 0 Å². The Kier molecular flexibility index (Phi) is 15.9. The summed E-state index contributed by atoms with van der Waals surface area (Å²) in [5.74, 6) is -2.54. The van der Waals surface area contributed by atoms with Crippen LogP contribution in [0.5, 0.6) is 0 Å². The van der Waals surface area contributed by atoms with Crippen LogP contribution in [-0.4, -0.2) is 89.5 Å². The fourth-order valence-corrected chi connectivity index (χ4v) is 3.56. The second-order valence-electron chi connectivity index (χ2n) is 8.61. The summed E-state index contributed by atoms with van der Waals surface area (Å²) in [6.45, 7) is 7.47. The van der Waals surface area contributed by atoms with Gasteiger partial charge in [0.15, 0.2) is 0 Å². The maximum absolute atomic E-state index is 11.0. The number of nitrogens with zero attached hydrogens (tertiary/aromatic N) is 4. The Labute approximate surface area is 270 Å². The van der Waals surface area contributed by atoms with Crippen LogP contribution in [0.15, 0.2) is 36.4 Å². The molecule has 0 spiro atoms. The van der Waals surface area contributed by atoms with E-state index in [9.17, 15) is 45.0 Å². The molecule has 1 aliphatic heterocycles. The number of pyridine rings is 2. The van der Waals surface area contributed by atoms with E-state index in [4.69, 9.17) is 0 Å².